The number of rotatable bonds is 6. The fourth-order valence-corrected chi connectivity index (χ4v) is 6.23. The van der Waals surface area contributed by atoms with Crippen molar-refractivity contribution >= 4 is 34.3 Å². The summed E-state index contributed by atoms with van der Waals surface area (Å²) in [5.74, 6) is 1.01. The maximum atomic E-state index is 13.4. The van der Waals surface area contributed by atoms with Gasteiger partial charge in [0, 0.05) is 42.5 Å². The second-order valence-electron chi connectivity index (χ2n) is 10.9. The quantitative estimate of drug-likeness (QED) is 0.227. The number of thioether (sulfide) groups is 1. The Morgan fingerprint density at radius 2 is 1.52 bits per heavy atom. The number of amides is 2. The second kappa shape index (κ2) is 11.8. The highest BCUT2D eigenvalue weighted by Crippen LogP contribution is 2.29. The van der Waals surface area contributed by atoms with Crippen LogP contribution in [0.4, 0.5) is 0 Å². The van der Waals surface area contributed by atoms with E-state index in [2.05, 4.69) is 60.4 Å². The molecule has 0 aliphatic carbocycles. The predicted octanol–water partition coefficient (Wildman–Crippen LogP) is 6.17. The molecule has 1 atom stereocenters. The molecular formula is C34H33N5O2S. The van der Waals surface area contributed by atoms with E-state index in [1.54, 1.807) is 0 Å². The number of nitrogens with zero attached hydrogens (tertiary/aromatic N) is 5. The monoisotopic (exact) mass is 575 g/mol. The molecule has 0 N–H and O–H groups in total. The van der Waals surface area contributed by atoms with Crippen molar-refractivity contribution in [2.45, 2.75) is 32.0 Å². The van der Waals surface area contributed by atoms with E-state index in [4.69, 9.17) is 0 Å². The van der Waals surface area contributed by atoms with Gasteiger partial charge in [0.2, 0.25) is 5.91 Å². The molecule has 1 aromatic heterocycles. The molecule has 212 valence electrons. The lowest BCUT2D eigenvalue weighted by Gasteiger charge is -2.40. The maximum absolute atomic E-state index is 13.4. The van der Waals surface area contributed by atoms with Crippen molar-refractivity contribution in [3.05, 3.63) is 108 Å². The minimum Gasteiger partial charge on any atom is -0.338 e. The van der Waals surface area contributed by atoms with Crippen molar-refractivity contribution in [2.75, 3.05) is 25.4 Å². The van der Waals surface area contributed by atoms with Crippen molar-refractivity contribution in [2.24, 2.45) is 0 Å². The normalized spacial score (nSPS) is 15.3. The Hall–Kier alpha value is -4.43. The summed E-state index contributed by atoms with van der Waals surface area (Å²) in [6.45, 7) is 7.62. The van der Waals surface area contributed by atoms with E-state index in [9.17, 15) is 9.59 Å². The molecule has 1 unspecified atom stereocenters. The van der Waals surface area contributed by atoms with Crippen LogP contribution in [-0.2, 0) is 4.79 Å². The minimum atomic E-state index is -0.0870. The Bertz CT molecular complexity index is 1750. The number of aryl methyl sites for hydroxylation is 2. The average Bonchev–Trinajstić information content (AvgIpc) is 3.44. The summed E-state index contributed by atoms with van der Waals surface area (Å²) in [6, 6.07) is 30.2. The van der Waals surface area contributed by atoms with Crippen molar-refractivity contribution in [1.29, 1.82) is 0 Å². The molecule has 6 rings (SSSR count). The van der Waals surface area contributed by atoms with Gasteiger partial charge in [-0.3, -0.25) is 14.2 Å². The van der Waals surface area contributed by atoms with E-state index < -0.39 is 0 Å². The summed E-state index contributed by atoms with van der Waals surface area (Å²) in [7, 11) is 0. The molecule has 0 radical (unpaired) electrons. The lowest BCUT2D eigenvalue weighted by Crippen LogP contribution is -2.55. The van der Waals surface area contributed by atoms with Gasteiger partial charge in [-0.15, -0.1) is 10.2 Å². The molecule has 2 amide bonds. The molecular weight excluding hydrogens is 542 g/mol. The molecule has 1 saturated heterocycles. The number of benzene rings is 4. The largest absolute Gasteiger partial charge is 0.338 e. The van der Waals surface area contributed by atoms with Gasteiger partial charge in [0.05, 0.1) is 5.75 Å². The molecule has 1 fully saturated rings. The van der Waals surface area contributed by atoms with E-state index in [1.165, 1.54) is 22.9 Å². The van der Waals surface area contributed by atoms with Gasteiger partial charge in [-0.2, -0.15) is 0 Å². The van der Waals surface area contributed by atoms with Gasteiger partial charge in [-0.25, -0.2) is 0 Å². The lowest BCUT2D eigenvalue weighted by molar-refractivity contribution is -0.130. The lowest BCUT2D eigenvalue weighted by atomic mass is 10.0. The van der Waals surface area contributed by atoms with Gasteiger partial charge in [0.15, 0.2) is 11.0 Å². The highest BCUT2D eigenvalue weighted by atomic mass is 32.2. The van der Waals surface area contributed by atoms with Crippen LogP contribution in [0.2, 0.25) is 0 Å². The average molecular weight is 576 g/mol. The molecule has 0 spiro atoms. The molecule has 42 heavy (non-hydrogen) atoms. The highest BCUT2D eigenvalue weighted by molar-refractivity contribution is 7.99. The first-order valence-corrected chi connectivity index (χ1v) is 15.2. The van der Waals surface area contributed by atoms with Crippen LogP contribution >= 0.6 is 11.8 Å². The summed E-state index contributed by atoms with van der Waals surface area (Å²) in [5, 5.41) is 11.8. The topological polar surface area (TPSA) is 71.3 Å². The smallest absolute Gasteiger partial charge is 0.254 e. The SMILES string of the molecule is Cc1ccc(-c2nnc(SCC(=O)N3CCN(C(=O)c4ccc5ccccc5c4)C(C)C3)n2-c2ccc(C)cc2)cc1. The van der Waals surface area contributed by atoms with Crippen molar-refractivity contribution < 1.29 is 9.59 Å². The molecule has 8 heteroatoms. The highest BCUT2D eigenvalue weighted by Gasteiger charge is 2.30. The number of hydrogen-bond acceptors (Lipinski definition) is 5. The number of piperazine rings is 1. The maximum Gasteiger partial charge on any atom is 0.254 e. The zero-order valence-electron chi connectivity index (χ0n) is 24.0. The zero-order chi connectivity index (χ0) is 29.2. The molecule has 1 aliphatic rings. The van der Waals surface area contributed by atoms with Gasteiger partial charge >= 0.3 is 0 Å². The number of hydrogen-bond donors (Lipinski definition) is 0. The Kier molecular flexibility index (Phi) is 7.80. The standard InChI is InChI=1S/C34H33N5O2S/c1-23-8-12-27(13-9-23)32-35-36-34(39(32)30-16-10-24(2)11-17-30)42-22-31(40)37-18-19-38(25(3)21-37)33(41)29-15-14-26-6-4-5-7-28(26)20-29/h4-17,20,25H,18-19,21-22H2,1-3H3. The van der Waals surface area contributed by atoms with Crippen LogP contribution in [0.25, 0.3) is 27.8 Å². The van der Waals surface area contributed by atoms with Crippen molar-refractivity contribution in [3.63, 3.8) is 0 Å². The molecule has 0 bridgehead atoms. The van der Waals surface area contributed by atoms with Crippen LogP contribution in [0.3, 0.4) is 0 Å². The molecule has 5 aromatic rings. The number of fused-ring (bicyclic) bond motifs is 1. The number of carbonyl (C=O) groups excluding carboxylic acids is 2. The van der Waals surface area contributed by atoms with Gasteiger partial charge < -0.3 is 9.80 Å². The van der Waals surface area contributed by atoms with E-state index in [0.29, 0.717) is 30.4 Å². The van der Waals surface area contributed by atoms with Crippen LogP contribution in [-0.4, -0.2) is 67.8 Å². The Balaban J connectivity index is 1.14. The Morgan fingerprint density at radius 1 is 0.833 bits per heavy atom. The van der Waals surface area contributed by atoms with E-state index in [-0.39, 0.29) is 23.6 Å². The molecule has 0 saturated carbocycles. The summed E-state index contributed by atoms with van der Waals surface area (Å²) >= 11 is 1.39. The number of carbonyl (C=O) groups is 2. The predicted molar refractivity (Wildman–Crippen MR) is 168 cm³/mol. The van der Waals surface area contributed by atoms with Gasteiger partial charge in [-0.1, -0.05) is 89.6 Å². The third kappa shape index (κ3) is 5.67. The second-order valence-corrected chi connectivity index (χ2v) is 11.8. The third-order valence-corrected chi connectivity index (χ3v) is 8.71. The first kappa shape index (κ1) is 27.7. The summed E-state index contributed by atoms with van der Waals surface area (Å²) < 4.78 is 2.02. The fraction of sp³-hybridized carbons (Fsp3) is 0.235. The molecule has 4 aromatic carbocycles. The first-order chi connectivity index (χ1) is 20.4. The molecule has 7 nitrogen and oxygen atoms in total. The summed E-state index contributed by atoms with van der Waals surface area (Å²) in [6.07, 6.45) is 0. The van der Waals surface area contributed by atoms with E-state index >= 15 is 0 Å². The van der Waals surface area contributed by atoms with Crippen LogP contribution < -0.4 is 0 Å². The molecule has 1 aliphatic heterocycles. The first-order valence-electron chi connectivity index (χ1n) is 14.2. The minimum absolute atomic E-state index is 0.00422. The zero-order valence-corrected chi connectivity index (χ0v) is 24.8. The third-order valence-electron chi connectivity index (χ3n) is 7.80. The van der Waals surface area contributed by atoms with Crippen molar-refractivity contribution in [3.8, 4) is 17.1 Å². The van der Waals surface area contributed by atoms with Gasteiger partial charge in [-0.05, 0) is 55.8 Å². The van der Waals surface area contributed by atoms with Gasteiger partial charge in [0.1, 0.15) is 0 Å². The molecule has 2 heterocycles. The van der Waals surface area contributed by atoms with E-state index in [1.807, 2.05) is 75.9 Å². The summed E-state index contributed by atoms with van der Waals surface area (Å²) in [4.78, 5) is 30.5. The summed E-state index contributed by atoms with van der Waals surface area (Å²) in [5.41, 5.74) is 4.93. The van der Waals surface area contributed by atoms with Crippen molar-refractivity contribution in [1.82, 2.24) is 24.6 Å². The Labute approximate surface area is 250 Å². The van der Waals surface area contributed by atoms with Crippen LogP contribution in [0.1, 0.15) is 28.4 Å². The van der Waals surface area contributed by atoms with Crippen LogP contribution in [0.5, 0.6) is 0 Å². The van der Waals surface area contributed by atoms with E-state index in [0.717, 1.165) is 27.8 Å². The fourth-order valence-electron chi connectivity index (χ4n) is 5.37. The van der Waals surface area contributed by atoms with Crippen LogP contribution in [0.15, 0.2) is 96.2 Å². The van der Waals surface area contributed by atoms with Crippen LogP contribution in [0, 0.1) is 13.8 Å². The van der Waals surface area contributed by atoms with Gasteiger partial charge in [0.25, 0.3) is 5.91 Å². The number of aromatic nitrogens is 3. The Morgan fingerprint density at radius 3 is 2.24 bits per heavy atom.